The summed E-state index contributed by atoms with van der Waals surface area (Å²) < 4.78 is 27.1. The molecule has 62 heavy (non-hydrogen) atoms. The van der Waals surface area contributed by atoms with E-state index in [-0.39, 0.29) is 6.71 Å². The van der Waals surface area contributed by atoms with Gasteiger partial charge in [0.25, 0.3) is 6.71 Å². The molecule has 2 aliphatic heterocycles. The average Bonchev–Trinajstić information content (AvgIpc) is 3.97. The molecule has 0 saturated heterocycles. The number of hydrogen-bond donors (Lipinski definition) is 0. The number of aryl methyl sites for hydroxylation is 1. The summed E-state index contributed by atoms with van der Waals surface area (Å²) in [7, 11) is 0. The summed E-state index contributed by atoms with van der Waals surface area (Å²) in [6, 6.07) is 74.7. The average molecular weight is 808 g/mol. The Morgan fingerprint density at radius 2 is 1.06 bits per heavy atom. The molecule has 1 spiro atoms. The first-order valence-electron chi connectivity index (χ1n) is 22.9. The minimum Gasteiger partial charge on any atom is -0.311 e. The third-order valence-electron chi connectivity index (χ3n) is 14.0. The van der Waals surface area contributed by atoms with Gasteiger partial charge >= 0.3 is 0 Å². The zero-order valence-electron chi connectivity index (χ0n) is 36.5. The predicted octanol–water partition coefficient (Wildman–Crippen LogP) is 13.3. The van der Waals surface area contributed by atoms with Gasteiger partial charge in [0, 0.05) is 47.4 Å². The van der Waals surface area contributed by atoms with Gasteiger partial charge in [0.15, 0.2) is 0 Å². The molecule has 2 aliphatic carbocycles. The van der Waals surface area contributed by atoms with Gasteiger partial charge in [-0.3, -0.25) is 0 Å². The lowest BCUT2D eigenvalue weighted by atomic mass is 9.36. The second-order valence-corrected chi connectivity index (χ2v) is 18.0. The second-order valence-electron chi connectivity index (χ2n) is 16.9. The summed E-state index contributed by atoms with van der Waals surface area (Å²) in [6.07, 6.45) is 0. The first-order chi connectivity index (χ1) is 31.9. The van der Waals surface area contributed by atoms with Crippen LogP contribution in [-0.4, -0.2) is 6.71 Å². The van der Waals surface area contributed by atoms with Crippen LogP contribution in [0, 0.1) is 6.85 Å². The fourth-order valence-corrected chi connectivity index (χ4v) is 12.9. The molecule has 10 aromatic rings. The highest BCUT2D eigenvalue weighted by atomic mass is 32.1. The molecule has 14 rings (SSSR count). The standard InChI is InChI=1S/C58H37BN2S/c1-36-27-30-40(31-28-36)60-51-25-14-26-52-55(51)59(50-32-29-38(33-53(50)60)37-15-4-2-5-16-37)57-56(61(52)39-17-6-3-7-18-39)45-34-44-43-21-10-13-24-48(43)58(49(44)35-54(45)62-57)46-22-11-8-19-41(46)42-20-9-12-23-47(42)58/h2-35H,1H3/i1D3. The summed E-state index contributed by atoms with van der Waals surface area (Å²) in [5, 5.41) is 1.25. The summed E-state index contributed by atoms with van der Waals surface area (Å²) in [5.74, 6) is 0. The van der Waals surface area contributed by atoms with Gasteiger partial charge in [0.1, 0.15) is 0 Å². The van der Waals surface area contributed by atoms with Crippen molar-refractivity contribution in [3.63, 3.8) is 0 Å². The van der Waals surface area contributed by atoms with Crippen LogP contribution in [0.25, 0.3) is 43.5 Å². The molecule has 0 bridgehead atoms. The fourth-order valence-electron chi connectivity index (χ4n) is 11.5. The maximum absolute atomic E-state index is 8.16. The molecule has 288 valence electrons. The Bertz CT molecular complexity index is 3570. The molecular formula is C58H37BN2S. The maximum atomic E-state index is 8.16. The van der Waals surface area contributed by atoms with E-state index in [0.717, 1.165) is 39.6 Å². The Kier molecular flexibility index (Phi) is 6.38. The Labute approximate surface area is 369 Å². The first kappa shape index (κ1) is 31.5. The Hall–Kier alpha value is -7.40. The van der Waals surface area contributed by atoms with Crippen molar-refractivity contribution >= 4 is 78.0 Å². The highest BCUT2D eigenvalue weighted by molar-refractivity contribution is 7.33. The van der Waals surface area contributed by atoms with Gasteiger partial charge < -0.3 is 9.80 Å². The molecule has 4 aliphatic rings. The molecule has 0 N–H and O–H groups in total. The largest absolute Gasteiger partial charge is 0.311 e. The number of benzene rings is 9. The van der Waals surface area contributed by atoms with E-state index in [0.29, 0.717) is 5.56 Å². The van der Waals surface area contributed by atoms with Crippen LogP contribution in [0.5, 0.6) is 0 Å². The number of fused-ring (bicyclic) bond motifs is 16. The number of para-hydroxylation sites is 1. The third kappa shape index (κ3) is 4.39. The van der Waals surface area contributed by atoms with Gasteiger partial charge in [0.2, 0.25) is 0 Å². The smallest absolute Gasteiger partial charge is 0.264 e. The van der Waals surface area contributed by atoms with Crippen LogP contribution < -0.4 is 25.5 Å². The summed E-state index contributed by atoms with van der Waals surface area (Å²) >= 11 is 1.93. The second kappa shape index (κ2) is 12.6. The van der Waals surface area contributed by atoms with E-state index in [9.17, 15) is 0 Å². The van der Waals surface area contributed by atoms with Crippen LogP contribution in [-0.2, 0) is 5.41 Å². The van der Waals surface area contributed by atoms with Gasteiger partial charge in [0.05, 0.1) is 11.1 Å². The summed E-state index contributed by atoms with van der Waals surface area (Å²) in [6.45, 7) is -2.26. The van der Waals surface area contributed by atoms with Gasteiger partial charge in [-0.1, -0.05) is 157 Å². The number of anilines is 6. The van der Waals surface area contributed by atoms with E-state index in [4.69, 9.17) is 4.11 Å². The lowest BCUT2D eigenvalue weighted by Crippen LogP contribution is -2.60. The molecule has 0 amide bonds. The first-order valence-corrected chi connectivity index (χ1v) is 22.2. The van der Waals surface area contributed by atoms with Crippen LogP contribution in [0.2, 0.25) is 0 Å². The van der Waals surface area contributed by atoms with E-state index in [1.54, 1.807) is 12.1 Å². The Morgan fingerprint density at radius 3 is 1.74 bits per heavy atom. The van der Waals surface area contributed by atoms with E-state index >= 15 is 0 Å². The number of nitrogens with zero attached hydrogens (tertiary/aromatic N) is 2. The van der Waals surface area contributed by atoms with Crippen LogP contribution in [0.4, 0.5) is 34.1 Å². The van der Waals surface area contributed by atoms with Crippen molar-refractivity contribution in [2.75, 3.05) is 9.80 Å². The minimum atomic E-state index is -2.20. The topological polar surface area (TPSA) is 6.48 Å². The van der Waals surface area contributed by atoms with Crippen LogP contribution in [0.1, 0.15) is 31.9 Å². The molecule has 0 unspecified atom stereocenters. The van der Waals surface area contributed by atoms with Gasteiger partial charge in [-0.15, -0.1) is 11.3 Å². The molecule has 9 aromatic carbocycles. The minimum absolute atomic E-state index is 0.0599. The monoisotopic (exact) mass is 807 g/mol. The number of rotatable bonds is 3. The lowest BCUT2D eigenvalue weighted by Gasteiger charge is -2.43. The highest BCUT2D eigenvalue weighted by Crippen LogP contribution is 2.64. The maximum Gasteiger partial charge on any atom is 0.264 e. The number of hydrogen-bond acceptors (Lipinski definition) is 3. The van der Waals surface area contributed by atoms with E-state index in [1.165, 1.54) is 76.0 Å². The van der Waals surface area contributed by atoms with Gasteiger partial charge in [-0.25, -0.2) is 0 Å². The van der Waals surface area contributed by atoms with Crippen molar-refractivity contribution in [2.24, 2.45) is 0 Å². The van der Waals surface area contributed by atoms with Gasteiger partial charge in [-0.2, -0.15) is 0 Å². The normalized spacial score (nSPS) is 15.2. The van der Waals surface area contributed by atoms with Crippen molar-refractivity contribution in [1.29, 1.82) is 0 Å². The van der Waals surface area contributed by atoms with Crippen LogP contribution in [0.15, 0.2) is 206 Å². The van der Waals surface area contributed by atoms with Crippen LogP contribution in [0.3, 0.4) is 0 Å². The SMILES string of the molecule is [2H]C([2H])([2H])c1ccc(N2c3cc(-c4ccccc4)ccc3B3c4sc5cc6c(cc5c4N(c4ccccc4)c4cccc2c43)-c2ccccc2C62c3ccccc3-c3ccccc32)cc1. The van der Waals surface area contributed by atoms with Crippen molar-refractivity contribution in [2.45, 2.75) is 12.3 Å². The highest BCUT2D eigenvalue weighted by Gasteiger charge is 2.52. The molecule has 0 saturated carbocycles. The molecular weight excluding hydrogens is 768 g/mol. The lowest BCUT2D eigenvalue weighted by molar-refractivity contribution is 0.795. The molecule has 1 aromatic heterocycles. The zero-order valence-corrected chi connectivity index (χ0v) is 34.3. The van der Waals surface area contributed by atoms with Crippen LogP contribution >= 0.6 is 11.3 Å². The third-order valence-corrected chi connectivity index (χ3v) is 15.2. The van der Waals surface area contributed by atoms with E-state index in [1.807, 2.05) is 23.5 Å². The quantitative estimate of drug-likeness (QED) is 0.164. The molecule has 4 heteroatoms. The van der Waals surface area contributed by atoms with E-state index < -0.39 is 12.3 Å². The van der Waals surface area contributed by atoms with Gasteiger partial charge in [-0.05, 0) is 128 Å². The molecule has 0 radical (unpaired) electrons. The predicted molar refractivity (Wildman–Crippen MR) is 262 cm³/mol. The fraction of sp³-hybridized carbons (Fsp3) is 0.0345. The van der Waals surface area contributed by atoms with E-state index in [2.05, 4.69) is 192 Å². The molecule has 0 atom stereocenters. The Morgan fingerprint density at radius 1 is 0.468 bits per heavy atom. The molecule has 0 fully saturated rings. The zero-order chi connectivity index (χ0) is 43.2. The van der Waals surface area contributed by atoms with Crippen molar-refractivity contribution in [3.8, 4) is 33.4 Å². The van der Waals surface area contributed by atoms with Crippen molar-refractivity contribution in [3.05, 3.63) is 234 Å². The van der Waals surface area contributed by atoms with Crippen molar-refractivity contribution in [1.82, 2.24) is 0 Å². The summed E-state index contributed by atoms with van der Waals surface area (Å²) in [4.78, 5) is 4.86. The molecule has 3 heterocycles. The van der Waals surface area contributed by atoms with Crippen molar-refractivity contribution < 1.29 is 4.11 Å². The Balaban J connectivity index is 1.07. The summed E-state index contributed by atoms with van der Waals surface area (Å²) in [5.41, 5.74) is 21.8. The molecule has 2 nitrogen and oxygen atoms in total. The number of thiophene rings is 1.